The van der Waals surface area contributed by atoms with Crippen LogP contribution in [0.3, 0.4) is 0 Å². The number of aromatic nitrogens is 3. The van der Waals surface area contributed by atoms with Crippen LogP contribution in [0.2, 0.25) is 0 Å². The molecule has 1 amide bonds. The molecule has 0 atom stereocenters. The smallest absolute Gasteiger partial charge is 0.411 e. The summed E-state index contributed by atoms with van der Waals surface area (Å²) in [6.07, 6.45) is 4.03. The number of nitrogens with zero attached hydrogens (tertiary/aromatic N) is 4. The average molecular weight is 353 g/mol. The molecule has 2 rings (SSSR count). The number of carbonyl (C=O) groups is 1. The van der Waals surface area contributed by atoms with E-state index in [4.69, 9.17) is 0 Å². The van der Waals surface area contributed by atoms with Gasteiger partial charge in [-0.15, -0.1) is 10.2 Å². The van der Waals surface area contributed by atoms with Crippen molar-refractivity contribution in [3.8, 4) is 0 Å². The lowest BCUT2D eigenvalue weighted by atomic mass is 10.2. The molecule has 1 heterocycles. The van der Waals surface area contributed by atoms with E-state index in [0.717, 1.165) is 23.9 Å². The van der Waals surface area contributed by atoms with Crippen molar-refractivity contribution in [2.24, 2.45) is 0 Å². The molecule has 0 aliphatic rings. The highest BCUT2D eigenvalue weighted by Crippen LogP contribution is 2.19. The van der Waals surface area contributed by atoms with Gasteiger partial charge in [-0.05, 0) is 30.7 Å². The number of rotatable bonds is 8. The fraction of sp³-hybridized carbons (Fsp3) is 0.357. The van der Waals surface area contributed by atoms with Gasteiger partial charge in [0.1, 0.15) is 12.7 Å². The molecule has 0 aliphatic heterocycles. The zero-order valence-electron chi connectivity index (χ0n) is 13.2. The zero-order valence-corrected chi connectivity index (χ0v) is 14.0. The summed E-state index contributed by atoms with van der Waals surface area (Å²) in [5, 5.41) is 16.3. The van der Waals surface area contributed by atoms with Crippen LogP contribution in [-0.4, -0.2) is 41.0 Å². The third-order valence-electron chi connectivity index (χ3n) is 3.32. The molecule has 9 nitrogen and oxygen atoms in total. The fourth-order valence-corrected chi connectivity index (χ4v) is 3.07. The molecule has 0 saturated heterocycles. The van der Waals surface area contributed by atoms with Gasteiger partial charge in [0.2, 0.25) is 0 Å². The summed E-state index contributed by atoms with van der Waals surface area (Å²) >= 11 is 0. The van der Waals surface area contributed by atoms with Crippen molar-refractivity contribution in [2.75, 3.05) is 16.3 Å². The number of unbranched alkanes of at least 4 members (excludes halogenated alkanes) is 2. The van der Waals surface area contributed by atoms with Gasteiger partial charge in [0, 0.05) is 12.2 Å². The lowest BCUT2D eigenvalue weighted by Crippen LogP contribution is -2.30. The molecule has 0 spiro atoms. The SMILES string of the molecule is CCCCCN(C(=O)O)c1ccc(S(=O)(=O)Nn2cnnc2)cc1. The summed E-state index contributed by atoms with van der Waals surface area (Å²) in [5.74, 6) is 0. The summed E-state index contributed by atoms with van der Waals surface area (Å²) in [5.41, 5.74) is 0.432. The van der Waals surface area contributed by atoms with E-state index >= 15 is 0 Å². The molecule has 2 N–H and O–H groups in total. The lowest BCUT2D eigenvalue weighted by molar-refractivity contribution is 0.201. The maximum atomic E-state index is 12.2. The Morgan fingerprint density at radius 3 is 2.38 bits per heavy atom. The molecule has 0 saturated carbocycles. The van der Waals surface area contributed by atoms with Gasteiger partial charge in [-0.2, -0.15) is 8.42 Å². The molecule has 0 unspecified atom stereocenters. The van der Waals surface area contributed by atoms with E-state index in [1.807, 2.05) is 6.92 Å². The van der Waals surface area contributed by atoms with E-state index in [1.165, 1.54) is 41.8 Å². The van der Waals surface area contributed by atoms with E-state index < -0.39 is 16.1 Å². The summed E-state index contributed by atoms with van der Waals surface area (Å²) in [6, 6.07) is 5.66. The van der Waals surface area contributed by atoms with Gasteiger partial charge in [-0.1, -0.05) is 19.8 Å². The molecular weight excluding hydrogens is 334 g/mol. The van der Waals surface area contributed by atoms with Crippen molar-refractivity contribution < 1.29 is 18.3 Å². The Morgan fingerprint density at radius 1 is 1.21 bits per heavy atom. The van der Waals surface area contributed by atoms with Crippen LogP contribution in [-0.2, 0) is 10.0 Å². The van der Waals surface area contributed by atoms with Crippen molar-refractivity contribution in [3.05, 3.63) is 36.9 Å². The molecule has 130 valence electrons. The minimum absolute atomic E-state index is 0.0128. The second-order valence-corrected chi connectivity index (χ2v) is 6.76. The first-order chi connectivity index (χ1) is 11.4. The van der Waals surface area contributed by atoms with E-state index in [2.05, 4.69) is 15.0 Å². The van der Waals surface area contributed by atoms with Crippen molar-refractivity contribution in [1.82, 2.24) is 14.9 Å². The van der Waals surface area contributed by atoms with Crippen molar-refractivity contribution >= 4 is 21.8 Å². The van der Waals surface area contributed by atoms with Gasteiger partial charge >= 0.3 is 6.09 Å². The lowest BCUT2D eigenvalue weighted by Gasteiger charge is -2.19. The Bertz CT molecular complexity index is 759. The molecule has 24 heavy (non-hydrogen) atoms. The van der Waals surface area contributed by atoms with Gasteiger partial charge in [0.25, 0.3) is 10.0 Å². The summed E-state index contributed by atoms with van der Waals surface area (Å²) in [7, 11) is -3.80. The van der Waals surface area contributed by atoms with Crippen LogP contribution >= 0.6 is 0 Å². The summed E-state index contributed by atoms with van der Waals surface area (Å²) in [6.45, 7) is 2.40. The molecule has 0 bridgehead atoms. The monoisotopic (exact) mass is 353 g/mol. The Hall–Kier alpha value is -2.62. The highest BCUT2D eigenvalue weighted by Gasteiger charge is 2.17. The van der Waals surface area contributed by atoms with Gasteiger partial charge in [-0.25, -0.2) is 14.3 Å². The molecule has 1 aromatic heterocycles. The molecule has 0 radical (unpaired) electrons. The summed E-state index contributed by atoms with van der Waals surface area (Å²) < 4.78 is 25.5. The predicted molar refractivity (Wildman–Crippen MR) is 87.9 cm³/mol. The number of anilines is 1. The number of amides is 1. The largest absolute Gasteiger partial charge is 0.465 e. The van der Waals surface area contributed by atoms with E-state index in [9.17, 15) is 18.3 Å². The second-order valence-electron chi connectivity index (χ2n) is 5.10. The van der Waals surface area contributed by atoms with E-state index in [-0.39, 0.29) is 4.90 Å². The maximum absolute atomic E-state index is 12.2. The van der Waals surface area contributed by atoms with Crippen LogP contribution in [0.1, 0.15) is 26.2 Å². The minimum Gasteiger partial charge on any atom is -0.465 e. The Balaban J connectivity index is 2.14. The number of benzene rings is 1. The Morgan fingerprint density at radius 2 is 1.83 bits per heavy atom. The van der Waals surface area contributed by atoms with Crippen molar-refractivity contribution in [2.45, 2.75) is 31.1 Å². The van der Waals surface area contributed by atoms with Gasteiger partial charge in [0.05, 0.1) is 4.90 Å². The normalized spacial score (nSPS) is 11.2. The number of sulfonamides is 1. The molecule has 1 aromatic carbocycles. The number of nitrogens with one attached hydrogen (secondary N) is 1. The Kier molecular flexibility index (Phi) is 5.74. The van der Waals surface area contributed by atoms with Crippen LogP contribution in [0.25, 0.3) is 0 Å². The van der Waals surface area contributed by atoms with Crippen LogP contribution in [0, 0.1) is 0 Å². The quantitative estimate of drug-likeness (QED) is 0.700. The first-order valence-electron chi connectivity index (χ1n) is 7.42. The number of hydrogen-bond donors (Lipinski definition) is 2. The fourth-order valence-electron chi connectivity index (χ4n) is 2.10. The van der Waals surface area contributed by atoms with Gasteiger partial charge < -0.3 is 5.11 Å². The minimum atomic E-state index is -3.80. The average Bonchev–Trinajstić information content (AvgIpc) is 3.03. The summed E-state index contributed by atoms with van der Waals surface area (Å²) in [4.78, 5) is 14.8. The van der Waals surface area contributed by atoms with E-state index in [1.54, 1.807) is 0 Å². The van der Waals surface area contributed by atoms with Crippen molar-refractivity contribution in [1.29, 1.82) is 0 Å². The predicted octanol–water partition coefficient (Wildman–Crippen LogP) is 1.89. The first kappa shape index (κ1) is 17.7. The topological polar surface area (TPSA) is 117 Å². The van der Waals surface area contributed by atoms with E-state index in [0.29, 0.717) is 12.2 Å². The third kappa shape index (κ3) is 4.44. The second kappa shape index (κ2) is 7.77. The van der Waals surface area contributed by atoms with Crippen molar-refractivity contribution in [3.63, 3.8) is 0 Å². The Labute approximate surface area is 140 Å². The van der Waals surface area contributed by atoms with Crippen LogP contribution in [0.4, 0.5) is 10.5 Å². The molecule has 10 heteroatoms. The molecule has 0 aliphatic carbocycles. The number of hydrogen-bond acceptors (Lipinski definition) is 5. The standard InChI is InChI=1S/C14H19N5O4S/c1-2-3-4-9-19(14(20)21)12-5-7-13(8-6-12)24(22,23)17-18-10-15-16-11-18/h5-8,10-11,17H,2-4,9H2,1H3,(H,20,21). The molecule has 0 fully saturated rings. The maximum Gasteiger partial charge on any atom is 0.411 e. The number of carboxylic acid groups (broad SMARTS) is 1. The van der Waals surface area contributed by atoms with Crippen LogP contribution < -0.4 is 9.73 Å². The molecule has 2 aromatic rings. The highest BCUT2D eigenvalue weighted by molar-refractivity contribution is 7.92. The highest BCUT2D eigenvalue weighted by atomic mass is 32.2. The first-order valence-corrected chi connectivity index (χ1v) is 8.90. The third-order valence-corrected chi connectivity index (χ3v) is 4.66. The van der Waals surface area contributed by atoms with Gasteiger partial charge in [-0.3, -0.25) is 4.90 Å². The van der Waals surface area contributed by atoms with Gasteiger partial charge in [0.15, 0.2) is 0 Å². The zero-order chi connectivity index (χ0) is 17.6. The molecular formula is C14H19N5O4S. The van der Waals surface area contributed by atoms with Crippen LogP contribution in [0.5, 0.6) is 0 Å². The van der Waals surface area contributed by atoms with Crippen LogP contribution in [0.15, 0.2) is 41.8 Å².